The van der Waals surface area contributed by atoms with Crippen LogP contribution in [0.25, 0.3) is 0 Å². The zero-order valence-electron chi connectivity index (χ0n) is 5.42. The lowest BCUT2D eigenvalue weighted by Crippen LogP contribution is -2.11. The maximum atomic E-state index is 10.5. The van der Waals surface area contributed by atoms with Crippen LogP contribution in [-0.4, -0.2) is 27.4 Å². The van der Waals surface area contributed by atoms with Crippen LogP contribution in [0.2, 0.25) is 0 Å². The SMILES string of the molecule is O=S(=O)(Cl)CC1CCOC1. The van der Waals surface area contributed by atoms with Crippen molar-refractivity contribution in [3.05, 3.63) is 0 Å². The third-order valence-corrected chi connectivity index (χ3v) is 2.71. The highest BCUT2D eigenvalue weighted by atomic mass is 35.7. The molecule has 0 amide bonds. The summed E-state index contributed by atoms with van der Waals surface area (Å²) in [6, 6.07) is 0. The van der Waals surface area contributed by atoms with Crippen molar-refractivity contribution < 1.29 is 13.2 Å². The van der Waals surface area contributed by atoms with E-state index in [-0.39, 0.29) is 11.7 Å². The van der Waals surface area contributed by atoms with E-state index in [9.17, 15) is 8.42 Å². The summed E-state index contributed by atoms with van der Waals surface area (Å²) in [7, 11) is 1.71. The summed E-state index contributed by atoms with van der Waals surface area (Å²) in [6.45, 7) is 1.20. The molecule has 0 aliphatic carbocycles. The second kappa shape index (κ2) is 3.07. The van der Waals surface area contributed by atoms with E-state index in [0.717, 1.165) is 6.42 Å². The van der Waals surface area contributed by atoms with Gasteiger partial charge < -0.3 is 4.74 Å². The molecule has 1 rings (SSSR count). The average Bonchev–Trinajstić information content (AvgIpc) is 2.12. The molecule has 0 aromatic rings. The molecule has 0 spiro atoms. The van der Waals surface area contributed by atoms with Crippen molar-refractivity contribution in [3.8, 4) is 0 Å². The Hall–Kier alpha value is 0.200. The van der Waals surface area contributed by atoms with Crippen molar-refractivity contribution in [1.29, 1.82) is 0 Å². The monoisotopic (exact) mass is 184 g/mol. The van der Waals surface area contributed by atoms with E-state index in [1.54, 1.807) is 0 Å². The Morgan fingerprint density at radius 2 is 2.30 bits per heavy atom. The molecule has 0 N–H and O–H groups in total. The fourth-order valence-electron chi connectivity index (χ4n) is 0.996. The topological polar surface area (TPSA) is 43.4 Å². The molecule has 5 heteroatoms. The summed E-state index contributed by atoms with van der Waals surface area (Å²) in [5.41, 5.74) is 0. The molecule has 60 valence electrons. The molecular weight excluding hydrogens is 176 g/mol. The molecule has 1 unspecified atom stereocenters. The quantitative estimate of drug-likeness (QED) is 0.590. The van der Waals surface area contributed by atoms with Crippen molar-refractivity contribution in [1.82, 2.24) is 0 Å². The first kappa shape index (κ1) is 8.30. The first-order chi connectivity index (χ1) is 4.58. The number of halogens is 1. The van der Waals surface area contributed by atoms with Crippen LogP contribution in [-0.2, 0) is 13.8 Å². The Bertz CT molecular complexity index is 193. The summed E-state index contributed by atoms with van der Waals surface area (Å²) in [5.74, 6) is 0.164. The Labute approximate surface area is 64.7 Å². The lowest BCUT2D eigenvalue weighted by Gasteiger charge is -2.01. The fraction of sp³-hybridized carbons (Fsp3) is 1.00. The Morgan fingerprint density at radius 1 is 1.60 bits per heavy atom. The van der Waals surface area contributed by atoms with Gasteiger partial charge in [-0.25, -0.2) is 8.42 Å². The largest absolute Gasteiger partial charge is 0.381 e. The number of hydrogen-bond acceptors (Lipinski definition) is 3. The Morgan fingerprint density at radius 3 is 2.70 bits per heavy atom. The number of ether oxygens (including phenoxy) is 1. The maximum absolute atomic E-state index is 10.5. The van der Waals surface area contributed by atoms with Crippen LogP contribution in [0.15, 0.2) is 0 Å². The van der Waals surface area contributed by atoms with Gasteiger partial charge in [-0.3, -0.25) is 0 Å². The Kier molecular flexibility index (Phi) is 2.55. The van der Waals surface area contributed by atoms with Gasteiger partial charge in [0.15, 0.2) is 0 Å². The minimum atomic E-state index is -3.32. The van der Waals surface area contributed by atoms with Crippen LogP contribution < -0.4 is 0 Å². The molecule has 0 saturated carbocycles. The molecule has 10 heavy (non-hydrogen) atoms. The van der Waals surface area contributed by atoms with Crippen LogP contribution in [0, 0.1) is 5.92 Å². The van der Waals surface area contributed by atoms with E-state index < -0.39 is 9.05 Å². The van der Waals surface area contributed by atoms with Gasteiger partial charge in [0.25, 0.3) is 0 Å². The first-order valence-electron chi connectivity index (χ1n) is 3.08. The molecule has 0 aromatic heterocycles. The number of rotatable bonds is 2. The molecular formula is C5H9ClO3S. The van der Waals surface area contributed by atoms with Crippen molar-refractivity contribution in [2.24, 2.45) is 5.92 Å². The summed E-state index contributed by atoms with van der Waals surface area (Å²) in [6.07, 6.45) is 0.811. The predicted octanol–water partition coefficient (Wildman–Crippen LogP) is 0.592. The van der Waals surface area contributed by atoms with E-state index >= 15 is 0 Å². The van der Waals surface area contributed by atoms with Gasteiger partial charge in [-0.05, 0) is 12.3 Å². The highest BCUT2D eigenvalue weighted by Gasteiger charge is 2.21. The molecule has 0 aromatic carbocycles. The normalized spacial score (nSPS) is 27.1. The minimum absolute atomic E-state index is 0.0502. The van der Waals surface area contributed by atoms with E-state index in [1.807, 2.05) is 0 Å². The van der Waals surface area contributed by atoms with Gasteiger partial charge >= 0.3 is 0 Å². The molecule has 1 aliphatic rings. The lowest BCUT2D eigenvalue weighted by atomic mass is 10.2. The van der Waals surface area contributed by atoms with Gasteiger partial charge in [-0.1, -0.05) is 0 Å². The van der Waals surface area contributed by atoms with Crippen LogP contribution in [0.5, 0.6) is 0 Å². The average molecular weight is 185 g/mol. The highest BCUT2D eigenvalue weighted by molar-refractivity contribution is 8.13. The van der Waals surface area contributed by atoms with Gasteiger partial charge in [0, 0.05) is 17.3 Å². The zero-order valence-corrected chi connectivity index (χ0v) is 6.99. The molecule has 3 nitrogen and oxygen atoms in total. The highest BCUT2D eigenvalue weighted by Crippen LogP contribution is 2.15. The van der Waals surface area contributed by atoms with Gasteiger partial charge in [0.05, 0.1) is 12.4 Å². The van der Waals surface area contributed by atoms with Gasteiger partial charge in [-0.2, -0.15) is 0 Å². The van der Waals surface area contributed by atoms with Crippen LogP contribution in [0.1, 0.15) is 6.42 Å². The molecule has 1 saturated heterocycles. The van der Waals surface area contributed by atoms with Gasteiger partial charge in [-0.15, -0.1) is 0 Å². The second-order valence-corrected chi connectivity index (χ2v) is 5.26. The van der Waals surface area contributed by atoms with E-state index in [1.165, 1.54) is 0 Å². The van der Waals surface area contributed by atoms with E-state index in [4.69, 9.17) is 15.4 Å². The van der Waals surface area contributed by atoms with Gasteiger partial charge in [0.1, 0.15) is 0 Å². The molecule has 1 fully saturated rings. The second-order valence-electron chi connectivity index (χ2n) is 2.44. The molecule has 0 radical (unpaired) electrons. The standard InChI is InChI=1S/C5H9ClO3S/c6-10(7,8)4-5-1-2-9-3-5/h5H,1-4H2. The van der Waals surface area contributed by atoms with Crippen molar-refractivity contribution in [2.45, 2.75) is 6.42 Å². The van der Waals surface area contributed by atoms with Crippen molar-refractivity contribution in [3.63, 3.8) is 0 Å². The summed E-state index contributed by atoms with van der Waals surface area (Å²) in [5, 5.41) is 0. The van der Waals surface area contributed by atoms with Crippen molar-refractivity contribution >= 4 is 19.7 Å². The smallest absolute Gasteiger partial charge is 0.232 e. The fourth-order valence-corrected chi connectivity index (χ4v) is 2.36. The molecule has 0 bridgehead atoms. The van der Waals surface area contributed by atoms with Crippen molar-refractivity contribution in [2.75, 3.05) is 19.0 Å². The van der Waals surface area contributed by atoms with E-state index in [2.05, 4.69) is 0 Å². The third kappa shape index (κ3) is 2.86. The zero-order chi connectivity index (χ0) is 7.61. The molecule has 1 atom stereocenters. The maximum Gasteiger partial charge on any atom is 0.232 e. The van der Waals surface area contributed by atoms with Gasteiger partial charge in [0.2, 0.25) is 9.05 Å². The summed E-state index contributed by atoms with van der Waals surface area (Å²) >= 11 is 0. The lowest BCUT2D eigenvalue weighted by molar-refractivity contribution is 0.188. The summed E-state index contributed by atoms with van der Waals surface area (Å²) in [4.78, 5) is 0. The molecule has 1 heterocycles. The minimum Gasteiger partial charge on any atom is -0.381 e. The third-order valence-electron chi connectivity index (χ3n) is 1.46. The van der Waals surface area contributed by atoms with Crippen LogP contribution in [0.3, 0.4) is 0 Å². The first-order valence-corrected chi connectivity index (χ1v) is 5.56. The Balaban J connectivity index is 2.38. The van der Waals surface area contributed by atoms with Crippen LogP contribution >= 0.6 is 10.7 Å². The molecule has 1 aliphatic heterocycles. The predicted molar refractivity (Wildman–Crippen MR) is 38.6 cm³/mol. The summed E-state index contributed by atoms with van der Waals surface area (Å²) < 4.78 is 26.0. The number of hydrogen-bond donors (Lipinski definition) is 0. The van der Waals surface area contributed by atoms with Crippen LogP contribution in [0.4, 0.5) is 0 Å². The van der Waals surface area contributed by atoms with E-state index in [0.29, 0.717) is 13.2 Å².